The van der Waals surface area contributed by atoms with Gasteiger partial charge in [0.05, 0.1) is 15.6 Å². The second-order valence-electron chi connectivity index (χ2n) is 6.87. The number of para-hydroxylation sites is 1. The molecule has 1 aliphatic rings. The summed E-state index contributed by atoms with van der Waals surface area (Å²) < 4.78 is 32.9. The molecule has 29 heavy (non-hydrogen) atoms. The summed E-state index contributed by atoms with van der Waals surface area (Å²) in [6, 6.07) is 8.94. The minimum Gasteiger partial charge on any atom is -0.452 e. The van der Waals surface area contributed by atoms with E-state index in [-0.39, 0.29) is 28.0 Å². The first-order chi connectivity index (χ1) is 13.8. The van der Waals surface area contributed by atoms with Gasteiger partial charge < -0.3 is 9.64 Å². The molecule has 7 nitrogen and oxygen atoms in total. The van der Waals surface area contributed by atoms with Crippen molar-refractivity contribution in [2.45, 2.75) is 24.0 Å². The Bertz CT molecular complexity index is 1010. The van der Waals surface area contributed by atoms with Crippen LogP contribution in [0.5, 0.6) is 0 Å². The van der Waals surface area contributed by atoms with E-state index in [0.29, 0.717) is 23.3 Å². The molecule has 1 fully saturated rings. The van der Waals surface area contributed by atoms with E-state index < -0.39 is 16.0 Å². The molecule has 3 rings (SSSR count). The van der Waals surface area contributed by atoms with Gasteiger partial charge in [0.2, 0.25) is 0 Å². The number of nitrogens with zero attached hydrogens (tertiary/aromatic N) is 1. The number of amides is 1. The number of carbonyl (C=O) groups excluding carboxylic acids is 2. The number of hydrogen-bond acceptors (Lipinski definition) is 6. The third-order valence-electron chi connectivity index (χ3n) is 4.54. The molecule has 2 heterocycles. The van der Waals surface area contributed by atoms with Crippen molar-refractivity contribution in [3.63, 3.8) is 0 Å². The maximum Gasteiger partial charge on any atom is 0.340 e. The molecular formula is C19H21ClN2O5S2. The molecule has 1 unspecified atom stereocenters. The fraction of sp³-hybridized carbons (Fsp3) is 0.368. The highest BCUT2D eigenvalue weighted by Crippen LogP contribution is 2.28. The molecule has 1 saturated heterocycles. The van der Waals surface area contributed by atoms with Crippen LogP contribution in [0.4, 0.5) is 5.69 Å². The quantitative estimate of drug-likeness (QED) is 0.670. The molecule has 2 aromatic rings. The molecule has 0 spiro atoms. The zero-order valence-corrected chi connectivity index (χ0v) is 18.1. The smallest absolute Gasteiger partial charge is 0.340 e. The van der Waals surface area contributed by atoms with E-state index in [4.69, 9.17) is 16.3 Å². The molecular weight excluding hydrogens is 436 g/mol. The van der Waals surface area contributed by atoms with Crippen molar-refractivity contribution in [2.75, 3.05) is 24.4 Å². The van der Waals surface area contributed by atoms with Crippen molar-refractivity contribution in [3.05, 3.63) is 46.3 Å². The summed E-state index contributed by atoms with van der Waals surface area (Å²) in [6.07, 6.45) is 2.00. The topological polar surface area (TPSA) is 92.8 Å². The number of piperidine rings is 1. The highest BCUT2D eigenvalue weighted by molar-refractivity contribution is 7.94. The molecule has 0 bridgehead atoms. The number of hydrogen-bond donors (Lipinski definition) is 1. The van der Waals surface area contributed by atoms with E-state index >= 15 is 0 Å². The van der Waals surface area contributed by atoms with Crippen LogP contribution in [0.3, 0.4) is 0 Å². The second kappa shape index (κ2) is 9.15. The Labute approximate surface area is 178 Å². The number of ether oxygens (including phenoxy) is 1. The summed E-state index contributed by atoms with van der Waals surface area (Å²) in [5.74, 6) is -0.605. The van der Waals surface area contributed by atoms with Crippen LogP contribution in [0, 0.1) is 5.92 Å². The van der Waals surface area contributed by atoms with Gasteiger partial charge in [-0.1, -0.05) is 30.7 Å². The molecule has 1 amide bonds. The zero-order valence-electron chi connectivity index (χ0n) is 15.8. The van der Waals surface area contributed by atoms with Crippen molar-refractivity contribution in [3.8, 4) is 0 Å². The van der Waals surface area contributed by atoms with Gasteiger partial charge in [-0.05, 0) is 43.0 Å². The van der Waals surface area contributed by atoms with Gasteiger partial charge in [0.25, 0.3) is 15.9 Å². The first-order valence-electron chi connectivity index (χ1n) is 9.08. The number of sulfonamides is 1. The fourth-order valence-electron chi connectivity index (χ4n) is 3.10. The largest absolute Gasteiger partial charge is 0.452 e. The van der Waals surface area contributed by atoms with Gasteiger partial charge in [-0.25, -0.2) is 13.2 Å². The monoisotopic (exact) mass is 456 g/mol. The molecule has 1 aliphatic heterocycles. The van der Waals surface area contributed by atoms with Crippen LogP contribution in [-0.2, 0) is 19.6 Å². The lowest BCUT2D eigenvalue weighted by atomic mass is 10.0. The van der Waals surface area contributed by atoms with Crippen LogP contribution in [0.1, 0.15) is 30.1 Å². The molecule has 156 valence electrons. The van der Waals surface area contributed by atoms with Gasteiger partial charge in [0.1, 0.15) is 4.21 Å². The molecule has 0 saturated carbocycles. The van der Waals surface area contributed by atoms with E-state index in [1.165, 1.54) is 24.3 Å². The Morgan fingerprint density at radius 3 is 2.72 bits per heavy atom. The SMILES string of the molecule is CC1CCCN(C(=O)COC(=O)c2ccccc2NS(=O)(=O)c2ccc(Cl)s2)C1. The number of anilines is 1. The number of rotatable bonds is 6. The molecule has 1 N–H and O–H groups in total. The molecule has 0 aliphatic carbocycles. The number of nitrogens with one attached hydrogen (secondary N) is 1. The van der Waals surface area contributed by atoms with Crippen LogP contribution in [-0.4, -0.2) is 44.9 Å². The van der Waals surface area contributed by atoms with Crippen molar-refractivity contribution >= 4 is 50.5 Å². The number of likely N-dealkylation sites (tertiary alicyclic amines) is 1. The van der Waals surface area contributed by atoms with Crippen LogP contribution in [0.2, 0.25) is 4.34 Å². The highest BCUT2D eigenvalue weighted by Gasteiger charge is 2.24. The summed E-state index contributed by atoms with van der Waals surface area (Å²) in [5.41, 5.74) is 0.0969. The predicted molar refractivity (Wildman–Crippen MR) is 112 cm³/mol. The number of esters is 1. The Kier molecular flexibility index (Phi) is 6.81. The van der Waals surface area contributed by atoms with Crippen molar-refractivity contribution < 1.29 is 22.7 Å². The molecule has 1 aromatic heterocycles. The van der Waals surface area contributed by atoms with Gasteiger partial charge in [-0.15, -0.1) is 11.3 Å². The van der Waals surface area contributed by atoms with Gasteiger partial charge in [0.15, 0.2) is 6.61 Å². The maximum absolute atomic E-state index is 12.5. The van der Waals surface area contributed by atoms with Crippen molar-refractivity contribution in [2.24, 2.45) is 5.92 Å². The van der Waals surface area contributed by atoms with Crippen LogP contribution < -0.4 is 4.72 Å². The minimum atomic E-state index is -3.90. The van der Waals surface area contributed by atoms with Gasteiger partial charge in [0, 0.05) is 13.1 Å². The summed E-state index contributed by atoms with van der Waals surface area (Å²) in [7, 11) is -3.90. The lowest BCUT2D eigenvalue weighted by Crippen LogP contribution is -2.41. The maximum atomic E-state index is 12.5. The summed E-state index contributed by atoms with van der Waals surface area (Å²) in [4.78, 5) is 26.5. The van der Waals surface area contributed by atoms with E-state index in [1.807, 2.05) is 0 Å². The van der Waals surface area contributed by atoms with Crippen molar-refractivity contribution in [1.82, 2.24) is 4.90 Å². The lowest BCUT2D eigenvalue weighted by molar-refractivity contribution is -0.136. The van der Waals surface area contributed by atoms with Gasteiger partial charge >= 0.3 is 5.97 Å². The van der Waals surface area contributed by atoms with Crippen LogP contribution >= 0.6 is 22.9 Å². The van der Waals surface area contributed by atoms with Gasteiger partial charge in [-0.2, -0.15) is 0 Å². The van der Waals surface area contributed by atoms with Crippen molar-refractivity contribution in [1.29, 1.82) is 0 Å². The fourth-order valence-corrected chi connectivity index (χ4v) is 5.66. The molecule has 10 heteroatoms. The Balaban J connectivity index is 1.68. The van der Waals surface area contributed by atoms with Gasteiger partial charge in [-0.3, -0.25) is 9.52 Å². The third-order valence-corrected chi connectivity index (χ3v) is 7.63. The van der Waals surface area contributed by atoms with E-state index in [9.17, 15) is 18.0 Å². The first kappa shape index (κ1) is 21.6. The molecule has 1 aromatic carbocycles. The van der Waals surface area contributed by atoms with E-state index in [2.05, 4.69) is 11.6 Å². The Morgan fingerprint density at radius 1 is 1.28 bits per heavy atom. The zero-order chi connectivity index (χ0) is 21.0. The van der Waals surface area contributed by atoms with Crippen LogP contribution in [0.15, 0.2) is 40.6 Å². The number of carbonyl (C=O) groups is 2. The number of benzene rings is 1. The second-order valence-corrected chi connectivity index (χ2v) is 10.5. The normalized spacial score (nSPS) is 17.0. The average Bonchev–Trinajstić information content (AvgIpc) is 3.13. The number of halogens is 1. The van der Waals surface area contributed by atoms with E-state index in [1.54, 1.807) is 17.0 Å². The molecule has 1 atom stereocenters. The minimum absolute atomic E-state index is 0.0264. The number of thiophene rings is 1. The first-order valence-corrected chi connectivity index (χ1v) is 11.8. The standard InChI is InChI=1S/C19H21ClN2O5S2/c1-13-5-4-10-22(11-13)17(23)12-27-19(24)14-6-2-3-7-15(14)21-29(25,26)18-9-8-16(20)28-18/h2-3,6-9,13,21H,4-5,10-12H2,1H3. The van der Waals surface area contributed by atoms with E-state index in [0.717, 1.165) is 24.2 Å². The summed E-state index contributed by atoms with van der Waals surface area (Å²) in [6.45, 7) is 3.00. The third kappa shape index (κ3) is 5.49. The summed E-state index contributed by atoms with van der Waals surface area (Å²) >= 11 is 6.72. The lowest BCUT2D eigenvalue weighted by Gasteiger charge is -2.30. The predicted octanol–water partition coefficient (Wildman–Crippen LogP) is 3.62. The Hall–Kier alpha value is -2.10. The van der Waals surface area contributed by atoms with Crippen LogP contribution in [0.25, 0.3) is 0 Å². The Morgan fingerprint density at radius 2 is 2.03 bits per heavy atom. The molecule has 0 radical (unpaired) electrons. The summed E-state index contributed by atoms with van der Waals surface area (Å²) in [5, 5.41) is 0. The average molecular weight is 457 g/mol. The highest BCUT2D eigenvalue weighted by atomic mass is 35.5.